The third-order valence-electron chi connectivity index (χ3n) is 3.77. The van der Waals surface area contributed by atoms with Crippen molar-refractivity contribution in [1.29, 1.82) is 0 Å². The first-order chi connectivity index (χ1) is 9.45. The predicted molar refractivity (Wildman–Crippen MR) is 79.3 cm³/mol. The van der Waals surface area contributed by atoms with Crippen molar-refractivity contribution in [3.63, 3.8) is 0 Å². The summed E-state index contributed by atoms with van der Waals surface area (Å²) in [5.41, 5.74) is 0.809. The van der Waals surface area contributed by atoms with Gasteiger partial charge in [-0.25, -0.2) is 13.4 Å². The summed E-state index contributed by atoms with van der Waals surface area (Å²) >= 11 is 5.68. The van der Waals surface area contributed by atoms with Gasteiger partial charge in [-0.05, 0) is 38.1 Å². The Labute approximate surface area is 125 Å². The molecular weight excluding hydrogens is 298 g/mol. The van der Waals surface area contributed by atoms with Crippen molar-refractivity contribution in [2.24, 2.45) is 0 Å². The molecule has 0 bridgehead atoms. The van der Waals surface area contributed by atoms with Gasteiger partial charge in [-0.2, -0.15) is 4.31 Å². The summed E-state index contributed by atoms with van der Waals surface area (Å²) in [6.07, 6.45) is 3.67. The molecule has 1 aromatic heterocycles. The van der Waals surface area contributed by atoms with E-state index < -0.39 is 10.0 Å². The van der Waals surface area contributed by atoms with E-state index in [1.165, 1.54) is 16.6 Å². The SMILES string of the molecule is CN1CCCC1CN(C)S(=O)(=O)c1ccc(CCl)cn1. The summed E-state index contributed by atoms with van der Waals surface area (Å²) in [6.45, 7) is 1.53. The fourth-order valence-corrected chi connectivity index (χ4v) is 3.68. The molecule has 0 radical (unpaired) electrons. The van der Waals surface area contributed by atoms with Gasteiger partial charge in [-0.15, -0.1) is 11.6 Å². The lowest BCUT2D eigenvalue weighted by atomic mass is 10.2. The molecule has 2 rings (SSSR count). The van der Waals surface area contributed by atoms with Crippen molar-refractivity contribution < 1.29 is 8.42 Å². The summed E-state index contributed by atoms with van der Waals surface area (Å²) in [5.74, 6) is 0.329. The summed E-state index contributed by atoms with van der Waals surface area (Å²) in [4.78, 5) is 6.21. The highest BCUT2D eigenvalue weighted by Crippen LogP contribution is 2.19. The number of halogens is 1. The van der Waals surface area contributed by atoms with E-state index in [2.05, 4.69) is 9.88 Å². The van der Waals surface area contributed by atoms with E-state index in [0.717, 1.165) is 24.9 Å². The van der Waals surface area contributed by atoms with Crippen molar-refractivity contribution in [2.45, 2.75) is 29.8 Å². The van der Waals surface area contributed by atoms with Gasteiger partial charge in [-0.1, -0.05) is 6.07 Å². The maximum Gasteiger partial charge on any atom is 0.260 e. The first-order valence-corrected chi connectivity index (χ1v) is 8.60. The van der Waals surface area contributed by atoms with Crippen LogP contribution in [0.4, 0.5) is 0 Å². The van der Waals surface area contributed by atoms with Crippen LogP contribution >= 0.6 is 11.6 Å². The molecule has 20 heavy (non-hydrogen) atoms. The van der Waals surface area contributed by atoms with Gasteiger partial charge in [0.2, 0.25) is 0 Å². The molecule has 1 fully saturated rings. The van der Waals surface area contributed by atoms with Crippen LogP contribution in [0, 0.1) is 0 Å². The molecular formula is C13H20ClN3O2S. The fourth-order valence-electron chi connectivity index (χ4n) is 2.41. The molecule has 5 nitrogen and oxygen atoms in total. The van der Waals surface area contributed by atoms with Crippen molar-refractivity contribution in [2.75, 3.05) is 27.2 Å². The monoisotopic (exact) mass is 317 g/mol. The molecule has 2 heterocycles. The topological polar surface area (TPSA) is 53.5 Å². The minimum atomic E-state index is -3.52. The van der Waals surface area contributed by atoms with Gasteiger partial charge in [0, 0.05) is 31.7 Å². The Morgan fingerprint density at radius 2 is 2.25 bits per heavy atom. The van der Waals surface area contributed by atoms with Gasteiger partial charge < -0.3 is 4.90 Å². The Bertz CT molecular complexity index is 547. The van der Waals surface area contributed by atoms with E-state index in [1.807, 2.05) is 7.05 Å². The number of hydrogen-bond acceptors (Lipinski definition) is 4. The minimum Gasteiger partial charge on any atom is -0.302 e. The summed E-state index contributed by atoms with van der Waals surface area (Å²) < 4.78 is 26.3. The number of aromatic nitrogens is 1. The molecule has 1 aromatic rings. The zero-order valence-corrected chi connectivity index (χ0v) is 13.4. The quantitative estimate of drug-likeness (QED) is 0.773. The van der Waals surface area contributed by atoms with Crippen molar-refractivity contribution >= 4 is 21.6 Å². The smallest absolute Gasteiger partial charge is 0.260 e. The Morgan fingerprint density at radius 3 is 2.75 bits per heavy atom. The molecule has 0 saturated carbocycles. The lowest BCUT2D eigenvalue weighted by Gasteiger charge is -2.25. The molecule has 0 amide bonds. The van der Waals surface area contributed by atoms with Gasteiger partial charge in [-0.3, -0.25) is 0 Å². The normalized spacial score (nSPS) is 20.7. The second-order valence-electron chi connectivity index (χ2n) is 5.20. The number of pyridine rings is 1. The van der Waals surface area contributed by atoms with Gasteiger partial charge in [0.15, 0.2) is 5.03 Å². The number of likely N-dealkylation sites (N-methyl/N-ethyl adjacent to an activating group) is 2. The maximum absolute atomic E-state index is 12.4. The summed E-state index contributed by atoms with van der Waals surface area (Å²) in [7, 11) is 0.121. The second kappa shape index (κ2) is 6.39. The van der Waals surface area contributed by atoms with Crippen LogP contribution in [0.5, 0.6) is 0 Å². The zero-order chi connectivity index (χ0) is 14.8. The largest absolute Gasteiger partial charge is 0.302 e. The van der Waals surface area contributed by atoms with Crippen LogP contribution in [-0.4, -0.2) is 55.8 Å². The van der Waals surface area contributed by atoms with E-state index in [0.29, 0.717) is 12.4 Å². The lowest BCUT2D eigenvalue weighted by molar-refractivity contribution is 0.270. The number of alkyl halides is 1. The summed E-state index contributed by atoms with van der Waals surface area (Å²) in [6, 6.07) is 3.50. The van der Waals surface area contributed by atoms with Crippen LogP contribution in [-0.2, 0) is 15.9 Å². The van der Waals surface area contributed by atoms with Gasteiger partial charge in [0.05, 0.1) is 0 Å². The standard InChI is InChI=1S/C13H20ClN3O2S/c1-16-7-3-4-12(16)10-17(2)20(18,19)13-6-5-11(8-14)9-15-13/h5-6,9,12H,3-4,7-8,10H2,1-2H3. The van der Waals surface area contributed by atoms with E-state index in [4.69, 9.17) is 11.6 Å². The molecule has 0 N–H and O–H groups in total. The number of likely N-dealkylation sites (tertiary alicyclic amines) is 1. The number of nitrogens with zero attached hydrogens (tertiary/aromatic N) is 3. The minimum absolute atomic E-state index is 0.0783. The van der Waals surface area contributed by atoms with E-state index in [9.17, 15) is 8.42 Å². The van der Waals surface area contributed by atoms with Crippen LogP contribution in [0.3, 0.4) is 0 Å². The van der Waals surface area contributed by atoms with E-state index >= 15 is 0 Å². The molecule has 1 saturated heterocycles. The molecule has 1 aliphatic heterocycles. The van der Waals surface area contributed by atoms with Crippen molar-refractivity contribution in [3.8, 4) is 0 Å². The highest BCUT2D eigenvalue weighted by Gasteiger charge is 2.28. The highest BCUT2D eigenvalue weighted by atomic mass is 35.5. The number of sulfonamides is 1. The average Bonchev–Trinajstić information content (AvgIpc) is 2.84. The number of rotatable bonds is 5. The van der Waals surface area contributed by atoms with Crippen LogP contribution in [0.2, 0.25) is 0 Å². The van der Waals surface area contributed by atoms with Gasteiger partial charge in [0.1, 0.15) is 0 Å². The van der Waals surface area contributed by atoms with Gasteiger partial charge in [0.25, 0.3) is 10.0 Å². The predicted octanol–water partition coefficient (Wildman–Crippen LogP) is 1.54. The van der Waals surface area contributed by atoms with Crippen LogP contribution < -0.4 is 0 Å². The van der Waals surface area contributed by atoms with Crippen LogP contribution in [0.15, 0.2) is 23.4 Å². The van der Waals surface area contributed by atoms with E-state index in [1.54, 1.807) is 13.1 Å². The Morgan fingerprint density at radius 1 is 1.50 bits per heavy atom. The first-order valence-electron chi connectivity index (χ1n) is 6.62. The molecule has 0 aliphatic carbocycles. The molecule has 1 atom stereocenters. The number of hydrogen-bond donors (Lipinski definition) is 0. The average molecular weight is 318 g/mol. The Hall–Kier alpha value is -0.690. The Balaban J connectivity index is 2.11. The highest BCUT2D eigenvalue weighted by molar-refractivity contribution is 7.89. The summed E-state index contributed by atoms with van der Waals surface area (Å²) in [5, 5.41) is 0.0783. The molecule has 7 heteroatoms. The van der Waals surface area contributed by atoms with Gasteiger partial charge >= 0.3 is 0 Å². The molecule has 112 valence electrons. The molecule has 0 spiro atoms. The maximum atomic E-state index is 12.4. The molecule has 0 aromatic carbocycles. The third kappa shape index (κ3) is 3.31. The van der Waals surface area contributed by atoms with Crippen molar-refractivity contribution in [1.82, 2.24) is 14.2 Å². The van der Waals surface area contributed by atoms with Crippen LogP contribution in [0.25, 0.3) is 0 Å². The Kier molecular flexibility index (Phi) is 5.01. The van der Waals surface area contributed by atoms with Crippen molar-refractivity contribution in [3.05, 3.63) is 23.9 Å². The zero-order valence-electron chi connectivity index (χ0n) is 11.8. The second-order valence-corrected chi connectivity index (χ2v) is 7.46. The third-order valence-corrected chi connectivity index (χ3v) is 5.81. The lowest BCUT2D eigenvalue weighted by Crippen LogP contribution is -2.39. The molecule has 1 aliphatic rings. The van der Waals surface area contributed by atoms with Crippen LogP contribution in [0.1, 0.15) is 18.4 Å². The van der Waals surface area contributed by atoms with E-state index in [-0.39, 0.29) is 11.1 Å². The first kappa shape index (κ1) is 15.7. The fraction of sp³-hybridized carbons (Fsp3) is 0.615. The molecule has 1 unspecified atom stereocenters.